The maximum absolute atomic E-state index is 13.4. The molecule has 0 fully saturated rings. The monoisotopic (exact) mass is 430 g/mol. The molecule has 2 heterocycles. The van der Waals surface area contributed by atoms with Gasteiger partial charge < -0.3 is 9.47 Å². The highest BCUT2D eigenvalue weighted by Crippen LogP contribution is 2.31. The standard InChI is InChI=1S/C27H31FN4/c1-4-31(5-2)16-8-15-29-18-23-17-25-24-9-6-7-10-26(24)32(27(25)20(3)30-23)19-21-11-13-22(28)14-12-21/h6-7,9-14,17-18H,4-5,8,15-16,19H2,1-3H3. The fraction of sp³-hybridized carbons (Fsp3) is 0.333. The summed E-state index contributed by atoms with van der Waals surface area (Å²) in [4.78, 5) is 11.9. The molecule has 2 aromatic heterocycles. The van der Waals surface area contributed by atoms with Crippen molar-refractivity contribution in [1.82, 2.24) is 14.5 Å². The van der Waals surface area contributed by atoms with Crippen LogP contribution < -0.4 is 0 Å². The smallest absolute Gasteiger partial charge is 0.123 e. The van der Waals surface area contributed by atoms with Crippen LogP contribution in [0.15, 0.2) is 59.6 Å². The van der Waals surface area contributed by atoms with Gasteiger partial charge in [0.2, 0.25) is 0 Å². The van der Waals surface area contributed by atoms with Gasteiger partial charge in [0.15, 0.2) is 0 Å². The van der Waals surface area contributed by atoms with Crippen molar-refractivity contribution in [1.29, 1.82) is 0 Å². The molecule has 0 aliphatic rings. The van der Waals surface area contributed by atoms with E-state index in [4.69, 9.17) is 4.98 Å². The lowest BCUT2D eigenvalue weighted by atomic mass is 10.1. The predicted octanol–water partition coefficient (Wildman–Crippen LogP) is 5.84. The van der Waals surface area contributed by atoms with Gasteiger partial charge >= 0.3 is 0 Å². The van der Waals surface area contributed by atoms with Gasteiger partial charge in [0.05, 0.1) is 16.9 Å². The van der Waals surface area contributed by atoms with Crippen molar-refractivity contribution in [3.63, 3.8) is 0 Å². The third kappa shape index (κ3) is 4.73. The minimum absolute atomic E-state index is 0.213. The lowest BCUT2D eigenvalue weighted by molar-refractivity contribution is 0.302. The first kappa shape index (κ1) is 22.2. The molecule has 4 rings (SSSR count). The van der Waals surface area contributed by atoms with E-state index in [1.165, 1.54) is 22.9 Å². The van der Waals surface area contributed by atoms with Crippen LogP contribution in [0.4, 0.5) is 4.39 Å². The van der Waals surface area contributed by atoms with Crippen LogP contribution in [0.25, 0.3) is 21.8 Å². The van der Waals surface area contributed by atoms with Crippen LogP contribution in [0.3, 0.4) is 0 Å². The van der Waals surface area contributed by atoms with Crippen molar-refractivity contribution in [2.45, 2.75) is 33.7 Å². The number of benzene rings is 2. The molecule has 0 aliphatic carbocycles. The van der Waals surface area contributed by atoms with Crippen LogP contribution >= 0.6 is 0 Å². The molecule has 0 amide bonds. The topological polar surface area (TPSA) is 33.4 Å². The number of halogens is 1. The fourth-order valence-corrected chi connectivity index (χ4v) is 4.38. The first-order valence-corrected chi connectivity index (χ1v) is 11.5. The van der Waals surface area contributed by atoms with E-state index in [1.54, 1.807) is 0 Å². The molecule has 0 spiro atoms. The highest BCUT2D eigenvalue weighted by Gasteiger charge is 2.14. The number of aromatic nitrogens is 2. The van der Waals surface area contributed by atoms with Crippen LogP contribution in [-0.2, 0) is 6.54 Å². The Labute approximate surface area is 189 Å². The lowest BCUT2D eigenvalue weighted by Crippen LogP contribution is -2.24. The zero-order valence-electron chi connectivity index (χ0n) is 19.2. The van der Waals surface area contributed by atoms with Gasteiger partial charge in [-0.15, -0.1) is 0 Å². The maximum Gasteiger partial charge on any atom is 0.123 e. The molecule has 0 aliphatic heterocycles. The average molecular weight is 431 g/mol. The van der Waals surface area contributed by atoms with Crippen LogP contribution in [0.2, 0.25) is 0 Å². The Hall–Kier alpha value is -3.05. The van der Waals surface area contributed by atoms with Gasteiger partial charge in [0, 0.05) is 35.6 Å². The van der Waals surface area contributed by atoms with E-state index in [2.05, 4.69) is 65.6 Å². The normalized spacial score (nSPS) is 12.0. The Balaban J connectivity index is 1.64. The van der Waals surface area contributed by atoms with E-state index >= 15 is 0 Å². The van der Waals surface area contributed by atoms with Crippen molar-refractivity contribution in [2.24, 2.45) is 4.99 Å². The SMILES string of the molecule is CCN(CC)CCCN=Cc1cc2c3ccccc3n(Cc3ccc(F)cc3)c2c(C)n1. The minimum atomic E-state index is -0.213. The molecular weight excluding hydrogens is 399 g/mol. The summed E-state index contributed by atoms with van der Waals surface area (Å²) in [6.07, 6.45) is 2.96. The quantitative estimate of drug-likeness (QED) is 0.247. The molecule has 0 atom stereocenters. The highest BCUT2D eigenvalue weighted by molar-refractivity contribution is 6.09. The molecule has 2 aromatic carbocycles. The summed E-state index contributed by atoms with van der Waals surface area (Å²) in [5.41, 5.74) is 5.21. The number of rotatable bonds is 9. The van der Waals surface area contributed by atoms with Crippen molar-refractivity contribution in [2.75, 3.05) is 26.2 Å². The lowest BCUT2D eigenvalue weighted by Gasteiger charge is -2.16. The Morgan fingerprint density at radius 1 is 1.03 bits per heavy atom. The van der Waals surface area contributed by atoms with Crippen molar-refractivity contribution in [3.05, 3.63) is 77.4 Å². The Morgan fingerprint density at radius 2 is 1.78 bits per heavy atom. The summed E-state index contributed by atoms with van der Waals surface area (Å²) in [5, 5.41) is 2.38. The minimum Gasteiger partial charge on any atom is -0.334 e. The second-order valence-corrected chi connectivity index (χ2v) is 8.17. The number of aryl methyl sites for hydroxylation is 1. The number of para-hydroxylation sites is 1. The number of pyridine rings is 1. The van der Waals surface area contributed by atoms with E-state index in [9.17, 15) is 4.39 Å². The second-order valence-electron chi connectivity index (χ2n) is 8.17. The van der Waals surface area contributed by atoms with Gasteiger partial charge in [0.1, 0.15) is 5.82 Å². The van der Waals surface area contributed by atoms with Gasteiger partial charge in [-0.3, -0.25) is 4.99 Å². The van der Waals surface area contributed by atoms with Crippen LogP contribution in [0, 0.1) is 12.7 Å². The van der Waals surface area contributed by atoms with Crippen LogP contribution in [0.5, 0.6) is 0 Å². The molecule has 0 saturated carbocycles. The van der Waals surface area contributed by atoms with Gasteiger partial charge in [-0.2, -0.15) is 0 Å². The van der Waals surface area contributed by atoms with Gasteiger partial charge in [-0.05, 0) is 62.8 Å². The van der Waals surface area contributed by atoms with Crippen molar-refractivity contribution in [3.8, 4) is 0 Å². The van der Waals surface area contributed by atoms with E-state index in [1.807, 2.05) is 18.3 Å². The molecule has 4 nitrogen and oxygen atoms in total. The zero-order chi connectivity index (χ0) is 22.5. The van der Waals surface area contributed by atoms with Crippen molar-refractivity contribution >= 4 is 28.0 Å². The molecule has 4 aromatic rings. The number of aliphatic imine (C=N–C) groups is 1. The Kier molecular flexibility index (Phi) is 6.96. The summed E-state index contributed by atoms with van der Waals surface area (Å²) < 4.78 is 15.7. The Bertz CT molecular complexity index is 1220. The molecule has 32 heavy (non-hydrogen) atoms. The first-order valence-electron chi connectivity index (χ1n) is 11.5. The first-order chi connectivity index (χ1) is 15.6. The number of hydrogen-bond donors (Lipinski definition) is 0. The average Bonchev–Trinajstić information content (AvgIpc) is 3.12. The fourth-order valence-electron chi connectivity index (χ4n) is 4.38. The molecule has 0 unspecified atom stereocenters. The van der Waals surface area contributed by atoms with Gasteiger partial charge in [-0.25, -0.2) is 9.37 Å². The van der Waals surface area contributed by atoms with Gasteiger partial charge in [0.25, 0.3) is 0 Å². The molecule has 0 N–H and O–H groups in total. The molecule has 0 saturated heterocycles. The number of hydrogen-bond acceptors (Lipinski definition) is 3. The van der Waals surface area contributed by atoms with Gasteiger partial charge in [-0.1, -0.05) is 44.2 Å². The Morgan fingerprint density at radius 3 is 2.53 bits per heavy atom. The largest absolute Gasteiger partial charge is 0.334 e. The third-order valence-corrected chi connectivity index (χ3v) is 6.08. The van der Waals surface area contributed by atoms with Crippen molar-refractivity contribution < 1.29 is 4.39 Å². The predicted molar refractivity (Wildman–Crippen MR) is 132 cm³/mol. The van der Waals surface area contributed by atoms with E-state index in [-0.39, 0.29) is 5.82 Å². The highest BCUT2D eigenvalue weighted by atomic mass is 19.1. The maximum atomic E-state index is 13.4. The molecular formula is C27H31FN4. The van der Waals surface area contributed by atoms with Crippen LogP contribution in [-0.4, -0.2) is 46.8 Å². The van der Waals surface area contributed by atoms with E-state index in [0.717, 1.165) is 60.6 Å². The van der Waals surface area contributed by atoms with Crippen LogP contribution in [0.1, 0.15) is 37.2 Å². The second kappa shape index (κ2) is 10.0. The summed E-state index contributed by atoms with van der Waals surface area (Å²) in [6, 6.07) is 17.3. The summed E-state index contributed by atoms with van der Waals surface area (Å²) in [6.45, 7) is 11.2. The zero-order valence-corrected chi connectivity index (χ0v) is 19.2. The number of nitrogens with zero attached hydrogens (tertiary/aromatic N) is 4. The number of fused-ring (bicyclic) bond motifs is 3. The summed E-state index contributed by atoms with van der Waals surface area (Å²) >= 11 is 0. The molecule has 5 heteroatoms. The third-order valence-electron chi connectivity index (χ3n) is 6.08. The molecule has 0 bridgehead atoms. The van der Waals surface area contributed by atoms with E-state index < -0.39 is 0 Å². The molecule has 0 radical (unpaired) electrons. The molecule has 166 valence electrons. The van der Waals surface area contributed by atoms with E-state index in [0.29, 0.717) is 6.54 Å². The summed E-state index contributed by atoms with van der Waals surface area (Å²) in [7, 11) is 0. The summed E-state index contributed by atoms with van der Waals surface area (Å²) in [5.74, 6) is -0.213.